The Morgan fingerprint density at radius 3 is 1.94 bits per heavy atom. The maximum atomic E-state index is 12.5. The normalized spacial score (nSPS) is 10.6. The predicted octanol–water partition coefficient (Wildman–Crippen LogP) is 4.46. The van der Waals surface area contributed by atoms with Crippen LogP contribution in [0, 0.1) is 0 Å². The predicted molar refractivity (Wildman–Crippen MR) is 125 cm³/mol. The van der Waals surface area contributed by atoms with Gasteiger partial charge >= 0.3 is 0 Å². The summed E-state index contributed by atoms with van der Waals surface area (Å²) in [4.78, 5) is 24.7. The van der Waals surface area contributed by atoms with Gasteiger partial charge in [-0.05, 0) is 48.5 Å². The van der Waals surface area contributed by atoms with E-state index in [9.17, 15) is 9.59 Å². The molecule has 0 spiro atoms. The molecular weight excluding hydrogens is 467 g/mol. The molecule has 0 fully saturated rings. The van der Waals surface area contributed by atoms with Gasteiger partial charge in [-0.15, -0.1) is 0 Å². The molecule has 0 saturated carbocycles. The number of hydrogen-bond donors (Lipinski definition) is 2. The third-order valence-electron chi connectivity index (χ3n) is 4.48. The molecule has 33 heavy (non-hydrogen) atoms. The molecule has 2 N–H and O–H groups in total. The highest BCUT2D eigenvalue weighted by Crippen LogP contribution is 2.32. The van der Waals surface area contributed by atoms with Crippen molar-refractivity contribution in [2.24, 2.45) is 7.05 Å². The Morgan fingerprint density at radius 2 is 1.39 bits per heavy atom. The Hall–Kier alpha value is -3.82. The number of carbonyl (C=O) groups is 2. The summed E-state index contributed by atoms with van der Waals surface area (Å²) < 4.78 is 8.61. The molecule has 4 rings (SSSR count). The van der Waals surface area contributed by atoms with Gasteiger partial charge in [-0.3, -0.25) is 14.3 Å². The second-order valence-electron chi connectivity index (χ2n) is 6.92. The smallest absolute Gasteiger partial charge is 0.276 e. The van der Waals surface area contributed by atoms with Gasteiger partial charge in [-0.25, -0.2) is 4.68 Å². The summed E-state index contributed by atoms with van der Waals surface area (Å²) in [6.45, 7) is 0.0292. The molecule has 2 amide bonds. The van der Waals surface area contributed by atoms with E-state index in [2.05, 4.69) is 20.8 Å². The Kier molecular flexibility index (Phi) is 6.62. The van der Waals surface area contributed by atoms with E-state index in [-0.39, 0.29) is 18.3 Å². The number of amides is 2. The summed E-state index contributed by atoms with van der Waals surface area (Å²) in [7, 11) is 1.73. The van der Waals surface area contributed by atoms with Gasteiger partial charge < -0.3 is 15.4 Å². The molecule has 2 aromatic heterocycles. The molecule has 0 aliphatic heterocycles. The number of halogens is 2. The van der Waals surface area contributed by atoms with Gasteiger partial charge in [0.2, 0.25) is 0 Å². The summed E-state index contributed by atoms with van der Waals surface area (Å²) in [5.41, 5.74) is 1.63. The average Bonchev–Trinajstić information content (AvgIpc) is 3.44. The number of benzene rings is 2. The molecule has 0 aliphatic rings. The highest BCUT2D eigenvalue weighted by Gasteiger charge is 2.13. The first-order chi connectivity index (χ1) is 15.9. The summed E-state index contributed by atoms with van der Waals surface area (Å²) in [6, 6.07) is 14.9. The van der Waals surface area contributed by atoms with E-state index in [1.165, 1.54) is 4.68 Å². The minimum absolute atomic E-state index is 0.0292. The Labute approximate surface area is 198 Å². The van der Waals surface area contributed by atoms with Gasteiger partial charge in [-0.2, -0.15) is 10.2 Å². The highest BCUT2D eigenvalue weighted by molar-refractivity contribution is 6.37. The summed E-state index contributed by atoms with van der Waals surface area (Å²) >= 11 is 12.2. The molecule has 0 radical (unpaired) electrons. The molecule has 0 bridgehead atoms. The van der Waals surface area contributed by atoms with Crippen LogP contribution < -0.4 is 15.4 Å². The second kappa shape index (κ2) is 9.76. The molecular formula is C22H18Cl2N6O3. The standard InChI is InChI=1S/C22H18Cl2N6O3/c1-29-11-9-18(27-29)21(31)25-14-5-7-15(8-6-14)26-22(32)19-10-12-30(28-19)13-33-20-16(23)3-2-4-17(20)24/h2-12H,13H2,1H3,(H,25,31)(H,26,32). The molecule has 0 aliphatic carbocycles. The zero-order valence-electron chi connectivity index (χ0n) is 17.3. The lowest BCUT2D eigenvalue weighted by molar-refractivity contribution is 0.101. The van der Waals surface area contributed by atoms with Crippen LogP contribution in [-0.2, 0) is 13.8 Å². The summed E-state index contributed by atoms with van der Waals surface area (Å²) in [5.74, 6) is -0.370. The number of aryl methyl sites for hydroxylation is 1. The minimum atomic E-state index is -0.394. The monoisotopic (exact) mass is 484 g/mol. The largest absolute Gasteiger partial charge is 0.468 e. The summed E-state index contributed by atoms with van der Waals surface area (Å²) in [6.07, 6.45) is 3.29. The van der Waals surface area contributed by atoms with Crippen LogP contribution in [0.2, 0.25) is 10.0 Å². The van der Waals surface area contributed by atoms with Crippen LogP contribution in [0.25, 0.3) is 0 Å². The molecule has 11 heteroatoms. The van der Waals surface area contributed by atoms with E-state index < -0.39 is 5.91 Å². The van der Waals surface area contributed by atoms with Gasteiger partial charge in [0.25, 0.3) is 11.8 Å². The minimum Gasteiger partial charge on any atom is -0.468 e. The fraction of sp³-hybridized carbons (Fsp3) is 0.0909. The van der Waals surface area contributed by atoms with Crippen molar-refractivity contribution in [3.05, 3.63) is 88.4 Å². The summed E-state index contributed by atoms with van der Waals surface area (Å²) in [5, 5.41) is 14.5. The lowest BCUT2D eigenvalue weighted by Gasteiger charge is -2.09. The maximum absolute atomic E-state index is 12.5. The van der Waals surface area contributed by atoms with Crippen LogP contribution in [0.1, 0.15) is 21.0 Å². The molecule has 168 valence electrons. The number of rotatable bonds is 7. The van der Waals surface area contributed by atoms with E-state index in [0.29, 0.717) is 32.9 Å². The number of aromatic nitrogens is 4. The van der Waals surface area contributed by atoms with Crippen LogP contribution in [-0.4, -0.2) is 31.4 Å². The first-order valence-corrected chi connectivity index (χ1v) is 10.5. The van der Waals surface area contributed by atoms with Crippen molar-refractivity contribution >= 4 is 46.4 Å². The molecule has 0 saturated heterocycles. The molecule has 9 nitrogen and oxygen atoms in total. The van der Waals surface area contributed by atoms with Crippen molar-refractivity contribution in [3.8, 4) is 5.75 Å². The van der Waals surface area contributed by atoms with Gasteiger partial charge in [0, 0.05) is 30.8 Å². The van der Waals surface area contributed by atoms with E-state index >= 15 is 0 Å². The van der Waals surface area contributed by atoms with E-state index in [1.54, 1.807) is 78.7 Å². The third kappa shape index (κ3) is 5.51. The number of ether oxygens (including phenoxy) is 1. The van der Waals surface area contributed by atoms with Crippen molar-refractivity contribution in [3.63, 3.8) is 0 Å². The maximum Gasteiger partial charge on any atom is 0.276 e. The van der Waals surface area contributed by atoms with Gasteiger partial charge in [0.05, 0.1) is 10.0 Å². The van der Waals surface area contributed by atoms with Crippen molar-refractivity contribution < 1.29 is 14.3 Å². The molecule has 0 unspecified atom stereocenters. The van der Waals surface area contributed by atoms with Crippen molar-refractivity contribution in [1.29, 1.82) is 0 Å². The SMILES string of the molecule is Cn1ccc(C(=O)Nc2ccc(NC(=O)c3ccn(COc4c(Cl)cccc4Cl)n3)cc2)n1. The zero-order chi connectivity index (χ0) is 23.4. The van der Waals surface area contributed by atoms with Crippen molar-refractivity contribution in [2.45, 2.75) is 6.73 Å². The number of nitrogens with one attached hydrogen (secondary N) is 2. The Balaban J connectivity index is 1.33. The van der Waals surface area contributed by atoms with E-state index in [4.69, 9.17) is 27.9 Å². The zero-order valence-corrected chi connectivity index (χ0v) is 18.8. The van der Waals surface area contributed by atoms with Crippen molar-refractivity contribution in [2.75, 3.05) is 10.6 Å². The number of nitrogens with zero attached hydrogens (tertiary/aromatic N) is 4. The van der Waals surface area contributed by atoms with Crippen LogP contribution in [0.4, 0.5) is 11.4 Å². The number of hydrogen-bond acceptors (Lipinski definition) is 5. The first-order valence-electron chi connectivity index (χ1n) is 9.72. The molecule has 4 aromatic rings. The van der Waals surface area contributed by atoms with Gasteiger partial charge in [-0.1, -0.05) is 29.3 Å². The number of carbonyl (C=O) groups excluding carboxylic acids is 2. The van der Waals surface area contributed by atoms with Crippen molar-refractivity contribution in [1.82, 2.24) is 19.6 Å². The molecule has 0 atom stereocenters. The molecule has 2 heterocycles. The van der Waals surface area contributed by atoms with Crippen LogP contribution in [0.15, 0.2) is 67.0 Å². The van der Waals surface area contributed by atoms with Crippen LogP contribution >= 0.6 is 23.2 Å². The highest BCUT2D eigenvalue weighted by atomic mass is 35.5. The van der Waals surface area contributed by atoms with E-state index in [1.807, 2.05) is 0 Å². The van der Waals surface area contributed by atoms with Crippen LogP contribution in [0.5, 0.6) is 5.75 Å². The number of para-hydroxylation sites is 1. The van der Waals surface area contributed by atoms with Gasteiger partial charge in [0.15, 0.2) is 23.9 Å². The quantitative estimate of drug-likeness (QED) is 0.402. The van der Waals surface area contributed by atoms with Crippen LogP contribution in [0.3, 0.4) is 0 Å². The average molecular weight is 485 g/mol. The third-order valence-corrected chi connectivity index (χ3v) is 5.08. The topological polar surface area (TPSA) is 103 Å². The first kappa shape index (κ1) is 22.4. The Morgan fingerprint density at radius 1 is 0.848 bits per heavy atom. The molecule has 2 aromatic carbocycles. The second-order valence-corrected chi connectivity index (χ2v) is 7.74. The Bertz CT molecular complexity index is 1280. The van der Waals surface area contributed by atoms with Gasteiger partial charge in [0.1, 0.15) is 0 Å². The number of anilines is 2. The van der Waals surface area contributed by atoms with E-state index in [0.717, 1.165) is 0 Å². The fourth-order valence-corrected chi connectivity index (χ4v) is 3.38. The lowest BCUT2D eigenvalue weighted by atomic mass is 10.2. The fourth-order valence-electron chi connectivity index (χ4n) is 2.87. The lowest BCUT2D eigenvalue weighted by Crippen LogP contribution is -2.15.